The Morgan fingerprint density at radius 2 is 2.00 bits per heavy atom. The number of carbonyl (C=O) groups is 1. The van der Waals surface area contributed by atoms with Gasteiger partial charge in [0.15, 0.2) is 11.6 Å². The average Bonchev–Trinajstić information content (AvgIpc) is 3.51. The van der Waals surface area contributed by atoms with Gasteiger partial charge in [0.25, 0.3) is 0 Å². The summed E-state index contributed by atoms with van der Waals surface area (Å²) in [5, 5.41) is 9.33. The van der Waals surface area contributed by atoms with Crippen LogP contribution in [-0.4, -0.2) is 41.9 Å². The van der Waals surface area contributed by atoms with E-state index in [1.165, 1.54) is 13.3 Å². The number of benzene rings is 1. The van der Waals surface area contributed by atoms with Gasteiger partial charge in [0, 0.05) is 31.4 Å². The highest BCUT2D eigenvalue weighted by molar-refractivity contribution is 6.03. The molecule has 1 saturated carbocycles. The van der Waals surface area contributed by atoms with Gasteiger partial charge in [-0.3, -0.25) is 4.79 Å². The van der Waals surface area contributed by atoms with Crippen LogP contribution in [0.2, 0.25) is 0 Å². The SMILES string of the molecule is COc1c(N2CCC(N)C(C)(C)C2)c(F)c(N)c2c(=O)c(C(=O)O)cn(C3CC3)c12. The summed E-state index contributed by atoms with van der Waals surface area (Å²) in [5.74, 6) is -1.94. The largest absolute Gasteiger partial charge is 0.492 e. The second kappa shape index (κ2) is 6.87. The fourth-order valence-corrected chi connectivity index (χ4v) is 4.40. The van der Waals surface area contributed by atoms with Crippen LogP contribution in [0.25, 0.3) is 10.9 Å². The van der Waals surface area contributed by atoms with Crippen LogP contribution < -0.4 is 26.5 Å². The molecule has 2 aromatic rings. The minimum Gasteiger partial charge on any atom is -0.492 e. The summed E-state index contributed by atoms with van der Waals surface area (Å²) < 4.78 is 22.9. The van der Waals surface area contributed by atoms with Crippen molar-refractivity contribution in [2.24, 2.45) is 11.1 Å². The van der Waals surface area contributed by atoms with Crippen molar-refractivity contribution in [3.05, 3.63) is 27.8 Å². The standard InChI is InChI=1S/C21H27FN4O4/c1-21(2)9-25(7-6-12(21)23)17-14(22)15(24)13-16(19(17)30-3)26(10-4-5-10)8-11(18(13)27)20(28)29/h8,10,12H,4-7,9,23-24H2,1-3H3,(H,28,29). The van der Waals surface area contributed by atoms with Crippen molar-refractivity contribution in [1.29, 1.82) is 0 Å². The second-order valence-electron chi connectivity index (χ2n) is 8.95. The second-order valence-corrected chi connectivity index (χ2v) is 8.95. The Morgan fingerprint density at radius 1 is 1.33 bits per heavy atom. The summed E-state index contributed by atoms with van der Waals surface area (Å²) in [6, 6.07) is -0.00703. The van der Waals surface area contributed by atoms with Gasteiger partial charge in [-0.15, -0.1) is 0 Å². The number of aromatic nitrogens is 1. The number of hydrogen-bond donors (Lipinski definition) is 3. The van der Waals surface area contributed by atoms with E-state index in [-0.39, 0.29) is 40.0 Å². The number of aromatic carboxylic acids is 1. The van der Waals surface area contributed by atoms with Crippen LogP contribution in [0.3, 0.4) is 0 Å². The number of ether oxygens (including phenoxy) is 1. The van der Waals surface area contributed by atoms with E-state index in [2.05, 4.69) is 0 Å². The molecule has 2 heterocycles. The first-order valence-electron chi connectivity index (χ1n) is 10.1. The monoisotopic (exact) mass is 418 g/mol. The zero-order chi connectivity index (χ0) is 22.0. The van der Waals surface area contributed by atoms with Crippen molar-refractivity contribution in [2.75, 3.05) is 30.8 Å². The molecule has 0 spiro atoms. The Balaban J connectivity index is 2.06. The molecule has 0 amide bonds. The quantitative estimate of drug-likeness (QED) is 0.651. The molecule has 1 aromatic heterocycles. The van der Waals surface area contributed by atoms with Crippen LogP contribution in [-0.2, 0) is 0 Å². The van der Waals surface area contributed by atoms with Crippen LogP contribution in [0.1, 0.15) is 49.5 Å². The van der Waals surface area contributed by atoms with Crippen molar-refractivity contribution in [3.8, 4) is 5.75 Å². The number of halogens is 1. The summed E-state index contributed by atoms with van der Waals surface area (Å²) in [7, 11) is 1.42. The van der Waals surface area contributed by atoms with Gasteiger partial charge in [-0.1, -0.05) is 13.8 Å². The van der Waals surface area contributed by atoms with Crippen molar-refractivity contribution < 1.29 is 19.0 Å². The first-order valence-corrected chi connectivity index (χ1v) is 10.1. The van der Waals surface area contributed by atoms with E-state index in [0.29, 0.717) is 25.0 Å². The molecule has 5 N–H and O–H groups in total. The van der Waals surface area contributed by atoms with Gasteiger partial charge in [0.05, 0.1) is 23.7 Å². The van der Waals surface area contributed by atoms with Gasteiger partial charge >= 0.3 is 5.97 Å². The molecule has 1 unspecified atom stereocenters. The number of anilines is 2. The van der Waals surface area contributed by atoms with Gasteiger partial charge in [-0.2, -0.15) is 0 Å². The van der Waals surface area contributed by atoms with E-state index in [1.54, 1.807) is 4.57 Å². The Kier molecular flexibility index (Phi) is 4.68. The molecule has 2 aliphatic rings. The first-order chi connectivity index (χ1) is 14.1. The highest BCUT2D eigenvalue weighted by Crippen LogP contribution is 2.47. The minimum absolute atomic E-state index is 0.0176. The maximum atomic E-state index is 15.6. The third-order valence-corrected chi connectivity index (χ3v) is 6.38. The van der Waals surface area contributed by atoms with Gasteiger partial charge in [0.1, 0.15) is 11.3 Å². The zero-order valence-electron chi connectivity index (χ0n) is 17.4. The number of nitrogens with zero attached hydrogens (tertiary/aromatic N) is 2. The lowest BCUT2D eigenvalue weighted by Crippen LogP contribution is -2.52. The summed E-state index contributed by atoms with van der Waals surface area (Å²) in [6.45, 7) is 5.06. The summed E-state index contributed by atoms with van der Waals surface area (Å²) in [6.07, 6.45) is 3.65. The molecule has 4 rings (SSSR count). The highest BCUT2D eigenvalue weighted by atomic mass is 19.1. The Labute approximate surface area is 173 Å². The van der Waals surface area contributed by atoms with Gasteiger partial charge in [-0.25, -0.2) is 9.18 Å². The third kappa shape index (κ3) is 2.99. The molecule has 30 heavy (non-hydrogen) atoms. The molecule has 8 nitrogen and oxygen atoms in total. The molecule has 0 bridgehead atoms. The number of pyridine rings is 1. The molecule has 1 aliphatic heterocycles. The van der Waals surface area contributed by atoms with E-state index in [1.807, 2.05) is 18.7 Å². The van der Waals surface area contributed by atoms with E-state index < -0.39 is 22.8 Å². The summed E-state index contributed by atoms with van der Waals surface area (Å²) in [4.78, 5) is 26.4. The van der Waals surface area contributed by atoms with Crippen LogP contribution in [0.15, 0.2) is 11.0 Å². The molecule has 2 fully saturated rings. The van der Waals surface area contributed by atoms with Crippen LogP contribution in [0, 0.1) is 11.2 Å². The van der Waals surface area contributed by atoms with Crippen molar-refractivity contribution in [3.63, 3.8) is 0 Å². The molecule has 9 heteroatoms. The number of nitrogens with two attached hydrogens (primary N) is 2. The molecule has 1 atom stereocenters. The van der Waals surface area contributed by atoms with Crippen LogP contribution >= 0.6 is 0 Å². The van der Waals surface area contributed by atoms with E-state index >= 15 is 4.39 Å². The number of piperidine rings is 1. The van der Waals surface area contributed by atoms with Crippen molar-refractivity contribution in [1.82, 2.24) is 4.57 Å². The number of methoxy groups -OCH3 is 1. The lowest BCUT2D eigenvalue weighted by Gasteiger charge is -2.44. The number of fused-ring (bicyclic) bond motifs is 1. The maximum Gasteiger partial charge on any atom is 0.341 e. The van der Waals surface area contributed by atoms with E-state index in [9.17, 15) is 14.7 Å². The summed E-state index contributed by atoms with van der Waals surface area (Å²) in [5.41, 5.74) is 11.0. The lowest BCUT2D eigenvalue weighted by molar-refractivity contribution is 0.0695. The number of nitrogen functional groups attached to an aromatic ring is 1. The predicted molar refractivity (Wildman–Crippen MR) is 113 cm³/mol. The third-order valence-electron chi connectivity index (χ3n) is 6.38. The molecule has 1 aliphatic carbocycles. The van der Waals surface area contributed by atoms with E-state index in [0.717, 1.165) is 12.8 Å². The zero-order valence-corrected chi connectivity index (χ0v) is 17.4. The summed E-state index contributed by atoms with van der Waals surface area (Å²) >= 11 is 0. The Morgan fingerprint density at radius 3 is 2.53 bits per heavy atom. The topological polar surface area (TPSA) is 124 Å². The lowest BCUT2D eigenvalue weighted by atomic mass is 9.79. The number of carboxylic acids is 1. The minimum atomic E-state index is -1.37. The number of hydrogen-bond acceptors (Lipinski definition) is 6. The highest BCUT2D eigenvalue weighted by Gasteiger charge is 2.38. The predicted octanol–water partition coefficient (Wildman–Crippen LogP) is 2.33. The van der Waals surface area contributed by atoms with Gasteiger partial charge in [-0.05, 0) is 24.7 Å². The number of rotatable bonds is 4. The Bertz CT molecular complexity index is 1110. The maximum absolute atomic E-state index is 15.6. The van der Waals surface area contributed by atoms with Crippen molar-refractivity contribution >= 4 is 28.2 Å². The first kappa shape index (κ1) is 20.5. The smallest absolute Gasteiger partial charge is 0.341 e. The fraction of sp³-hybridized carbons (Fsp3) is 0.524. The van der Waals surface area contributed by atoms with E-state index in [4.69, 9.17) is 16.2 Å². The van der Waals surface area contributed by atoms with Gasteiger partial charge < -0.3 is 30.8 Å². The van der Waals surface area contributed by atoms with Crippen LogP contribution in [0.4, 0.5) is 15.8 Å². The molecule has 1 saturated heterocycles. The molecule has 162 valence electrons. The van der Waals surface area contributed by atoms with Crippen LogP contribution in [0.5, 0.6) is 5.75 Å². The van der Waals surface area contributed by atoms with Crippen molar-refractivity contribution in [2.45, 2.75) is 45.2 Å². The Hall–Kier alpha value is -2.81. The fourth-order valence-electron chi connectivity index (χ4n) is 4.40. The molecule has 0 radical (unpaired) electrons. The normalized spacial score (nSPS) is 21.1. The molecular weight excluding hydrogens is 391 g/mol. The number of carboxylic acid groups (broad SMARTS) is 1. The molecular formula is C21H27FN4O4. The average molecular weight is 418 g/mol. The van der Waals surface area contributed by atoms with Gasteiger partial charge in [0.2, 0.25) is 5.43 Å². The molecule has 1 aromatic carbocycles.